The van der Waals surface area contributed by atoms with Crippen LogP contribution in [0, 0.1) is 27.4 Å². The molecular weight excluding hydrogens is 829 g/mol. The van der Waals surface area contributed by atoms with E-state index in [1.54, 1.807) is 36.5 Å². The minimum Gasteiger partial charge on any atom is -0.624 e. The number of quaternary nitrogens is 1. The molecule has 1 aromatic carbocycles. The van der Waals surface area contributed by atoms with Gasteiger partial charge in [0.05, 0.1) is 27.8 Å². The third kappa shape index (κ3) is 7.64. The van der Waals surface area contributed by atoms with E-state index in [9.17, 15) is 38.1 Å². The number of hydroxylamine groups is 3. The first-order chi connectivity index (χ1) is 30.7. The van der Waals surface area contributed by atoms with E-state index in [4.69, 9.17) is 5.10 Å². The number of urea groups is 1. The van der Waals surface area contributed by atoms with Gasteiger partial charge in [-0.25, -0.2) is 23.2 Å². The molecule has 0 saturated carbocycles. The number of alkyl halides is 2. The predicted molar refractivity (Wildman–Crippen MR) is 234 cm³/mol. The van der Waals surface area contributed by atoms with Gasteiger partial charge >= 0.3 is 17.8 Å². The first-order valence-corrected chi connectivity index (χ1v) is 23.1. The number of anilines is 1. The van der Waals surface area contributed by atoms with Crippen LogP contribution >= 0.6 is 0 Å². The normalized spacial score (nSPS) is 30.8. The van der Waals surface area contributed by atoms with Gasteiger partial charge < -0.3 is 30.5 Å². The molecule has 19 heteroatoms. The lowest BCUT2D eigenvalue weighted by atomic mass is 9.74. The molecular formula is C45H60F2N11O6+. The molecule has 3 saturated heterocycles. The fraction of sp³-hybridized carbons (Fsp3) is 0.644. The molecule has 1 aliphatic carbocycles. The molecule has 3 fully saturated rings. The number of nitrogens with one attached hydrogen (secondary N) is 2. The summed E-state index contributed by atoms with van der Waals surface area (Å²) in [7, 11) is 3.49. The molecule has 0 spiro atoms. The van der Waals surface area contributed by atoms with Gasteiger partial charge in [-0.1, -0.05) is 17.7 Å². The highest BCUT2D eigenvalue weighted by Crippen LogP contribution is 2.48. The lowest BCUT2D eigenvalue weighted by molar-refractivity contribution is -0.832. The van der Waals surface area contributed by atoms with Crippen molar-refractivity contribution in [1.82, 2.24) is 30.0 Å². The molecule has 1 aromatic rings. The maximum absolute atomic E-state index is 14.9. The molecule has 9 rings (SSSR count). The van der Waals surface area contributed by atoms with Crippen molar-refractivity contribution >= 4 is 41.5 Å². The lowest BCUT2D eigenvalue weighted by Gasteiger charge is -2.49. The van der Waals surface area contributed by atoms with Gasteiger partial charge in [0.25, 0.3) is 0 Å². The second-order valence-electron chi connectivity index (χ2n) is 19.1. The Balaban J connectivity index is 0.854. The summed E-state index contributed by atoms with van der Waals surface area (Å²) in [4.78, 5) is 70.6. The Bertz CT molecular complexity index is 2230. The molecule has 0 bridgehead atoms. The molecule has 7 aliphatic heterocycles. The maximum Gasteiger partial charge on any atom is 0.490 e. The summed E-state index contributed by atoms with van der Waals surface area (Å²) in [5.74, 6) is -1.75. The molecule has 6 atom stereocenters. The van der Waals surface area contributed by atoms with Gasteiger partial charge in [-0.15, -0.1) is 0 Å². The Morgan fingerprint density at radius 3 is 2.59 bits per heavy atom. The number of fused-ring (bicyclic) bond motifs is 2. The quantitative estimate of drug-likeness (QED) is 0.156. The van der Waals surface area contributed by atoms with Crippen LogP contribution < -0.4 is 10.6 Å². The summed E-state index contributed by atoms with van der Waals surface area (Å²) in [6.45, 7) is 5.77. The fourth-order valence-corrected chi connectivity index (χ4v) is 11.8. The Labute approximate surface area is 371 Å². The van der Waals surface area contributed by atoms with E-state index in [0.29, 0.717) is 100 Å². The first-order valence-electron chi connectivity index (χ1n) is 23.1. The highest BCUT2D eigenvalue weighted by Gasteiger charge is 2.57. The molecule has 0 radical (unpaired) electrons. The average molecular weight is 889 g/mol. The molecule has 0 aromatic heterocycles. The largest absolute Gasteiger partial charge is 0.624 e. The number of hydrazone groups is 2. The molecule has 17 nitrogen and oxygen atoms in total. The van der Waals surface area contributed by atoms with E-state index in [1.165, 1.54) is 0 Å². The molecule has 7 heterocycles. The van der Waals surface area contributed by atoms with Crippen LogP contribution in [0.2, 0.25) is 0 Å². The summed E-state index contributed by atoms with van der Waals surface area (Å²) >= 11 is 0. The Morgan fingerprint density at radius 2 is 1.86 bits per heavy atom. The van der Waals surface area contributed by atoms with Gasteiger partial charge in [-0.2, -0.15) is 10.2 Å². The molecule has 8 aliphatic rings. The van der Waals surface area contributed by atoms with Gasteiger partial charge in [-0.3, -0.25) is 19.5 Å². The van der Waals surface area contributed by atoms with Crippen LogP contribution in [0.3, 0.4) is 0 Å². The SMILES string of the molecule is CNC(=O)N1CCC2N(C3CCN(C(=O)CCCNc4cccc5c4C[N+]([O-])(C4CCC[N+](=O)C4=O)C5=O)CC3)N=C(N3CCCC4=C3CC(C(F)F)C(C3C=NN(C)C3)=C4)C2(C)C1. The first kappa shape index (κ1) is 43.9. The zero-order valence-corrected chi connectivity index (χ0v) is 37.0. The number of nitroso groups, excluding NO2 is 1. The van der Waals surface area contributed by atoms with Crippen molar-refractivity contribution < 1.29 is 37.4 Å². The van der Waals surface area contributed by atoms with Crippen LogP contribution in [0.4, 0.5) is 19.3 Å². The average Bonchev–Trinajstić information content (AvgIpc) is 3.95. The summed E-state index contributed by atoms with van der Waals surface area (Å²) in [5.41, 5.74) is 3.57. The summed E-state index contributed by atoms with van der Waals surface area (Å²) in [6, 6.07) is 3.69. The number of nitrogens with zero attached hydrogens (tertiary/aromatic N) is 9. The van der Waals surface area contributed by atoms with Gasteiger partial charge in [0.1, 0.15) is 12.4 Å². The molecule has 344 valence electrons. The van der Waals surface area contributed by atoms with Crippen LogP contribution in [0.15, 0.2) is 51.3 Å². The van der Waals surface area contributed by atoms with Gasteiger partial charge in [0.2, 0.25) is 24.9 Å². The number of allylic oxidation sites excluding steroid dienone is 3. The van der Waals surface area contributed by atoms with Crippen molar-refractivity contribution in [2.45, 2.75) is 102 Å². The molecule has 64 heavy (non-hydrogen) atoms. The topological polar surface area (TPSA) is 176 Å². The monoisotopic (exact) mass is 888 g/mol. The standard InChI is InChI=1S/C45H59F2N11O6/c1-45-27-54(44(62)48-2)21-15-38(45)57(51-43(45)55-17-6-8-28-22-32(29-24-50-52(3)25-29)33(40(46)47)23-36(28)55)30-13-19-53(20-14-30)39(59)12-5-16-49-35-10-4-9-31-34(35)26-58(64,42(31)61)37-11-7-18-56(63)41(37)60/h4,9-10,22,24,29-30,33,37-38,40,49H,5-8,11-21,23,25-27H2,1-3H3/p+1. The number of amidine groups is 1. The number of benzene rings is 1. The van der Waals surface area contributed by atoms with E-state index in [2.05, 4.69) is 32.6 Å². The third-order valence-corrected chi connectivity index (χ3v) is 15.2. The van der Waals surface area contributed by atoms with E-state index in [0.717, 1.165) is 35.5 Å². The van der Waals surface area contributed by atoms with Gasteiger partial charge in [0, 0.05) is 125 Å². The van der Waals surface area contributed by atoms with Gasteiger partial charge in [0.15, 0.2) is 0 Å². The van der Waals surface area contributed by atoms with Crippen LogP contribution in [0.5, 0.6) is 0 Å². The second-order valence-corrected chi connectivity index (χ2v) is 19.1. The van der Waals surface area contributed by atoms with E-state index in [1.807, 2.05) is 22.9 Å². The Hall–Kier alpha value is -5.30. The number of rotatable bonds is 9. The number of carbonyl (C=O) groups excluding carboxylic acids is 4. The van der Waals surface area contributed by atoms with Crippen molar-refractivity contribution in [2.75, 3.05) is 71.8 Å². The van der Waals surface area contributed by atoms with Crippen LogP contribution in [-0.2, 0) is 16.1 Å². The molecule has 2 N–H and O–H groups in total. The van der Waals surface area contributed by atoms with Crippen LogP contribution in [0.1, 0.15) is 87.1 Å². The number of amides is 5. The second kappa shape index (κ2) is 17.2. The highest BCUT2D eigenvalue weighted by atomic mass is 19.3. The van der Waals surface area contributed by atoms with E-state index < -0.39 is 40.3 Å². The minimum absolute atomic E-state index is 0.0108. The van der Waals surface area contributed by atoms with E-state index in [-0.39, 0.29) is 61.4 Å². The summed E-state index contributed by atoms with van der Waals surface area (Å²) in [6.07, 6.45) is 6.67. The Kier molecular flexibility index (Phi) is 11.8. The lowest BCUT2D eigenvalue weighted by Crippen LogP contribution is -2.61. The maximum atomic E-state index is 14.9. The van der Waals surface area contributed by atoms with Crippen molar-refractivity contribution in [3.05, 3.63) is 62.4 Å². The number of hydrogen-bond donors (Lipinski definition) is 2. The third-order valence-electron chi connectivity index (χ3n) is 15.2. The Morgan fingerprint density at radius 1 is 1.08 bits per heavy atom. The number of likely N-dealkylation sites (tertiary alicyclic amines) is 2. The number of hydrogen-bond acceptors (Lipinski definition) is 12. The zero-order chi connectivity index (χ0) is 45.1. The number of carbonyl (C=O) groups is 4. The van der Waals surface area contributed by atoms with E-state index >= 15 is 0 Å². The van der Waals surface area contributed by atoms with Crippen LogP contribution in [-0.4, -0.2) is 161 Å². The van der Waals surface area contributed by atoms with Crippen molar-refractivity contribution in [1.29, 1.82) is 0 Å². The summed E-state index contributed by atoms with van der Waals surface area (Å²) in [5, 5.41) is 33.8. The summed E-state index contributed by atoms with van der Waals surface area (Å²) < 4.78 is 28.7. The predicted octanol–water partition coefficient (Wildman–Crippen LogP) is 4.46. The fourth-order valence-electron chi connectivity index (χ4n) is 11.8. The number of halogens is 2. The number of piperidine rings is 3. The highest BCUT2D eigenvalue weighted by molar-refractivity contribution is 5.96. The smallest absolute Gasteiger partial charge is 0.490 e. The van der Waals surface area contributed by atoms with Crippen molar-refractivity contribution in [2.24, 2.45) is 27.5 Å². The molecule has 6 unspecified atom stereocenters. The zero-order valence-electron chi connectivity index (χ0n) is 37.0. The van der Waals surface area contributed by atoms with Gasteiger partial charge in [-0.05, 0) is 63.2 Å². The van der Waals surface area contributed by atoms with Crippen molar-refractivity contribution in [3.63, 3.8) is 0 Å². The van der Waals surface area contributed by atoms with Crippen LogP contribution in [0.25, 0.3) is 0 Å². The molecule has 5 amide bonds. The minimum atomic E-state index is -2.53. The van der Waals surface area contributed by atoms with Crippen molar-refractivity contribution in [3.8, 4) is 0 Å².